The van der Waals surface area contributed by atoms with Crippen molar-refractivity contribution < 1.29 is 26.4 Å². The van der Waals surface area contributed by atoms with Crippen molar-refractivity contribution in [3.63, 3.8) is 0 Å². The van der Waals surface area contributed by atoms with Crippen molar-refractivity contribution in [2.75, 3.05) is 32.7 Å². The Kier molecular flexibility index (Phi) is 7.08. The van der Waals surface area contributed by atoms with Gasteiger partial charge in [-0.1, -0.05) is 17.7 Å². The fraction of sp³-hybridized carbons (Fsp3) is 0.389. The number of rotatable bonds is 6. The number of thiophene rings is 1. The van der Waals surface area contributed by atoms with E-state index >= 15 is 0 Å². The van der Waals surface area contributed by atoms with Gasteiger partial charge in [0, 0.05) is 31.1 Å². The quantitative estimate of drug-likeness (QED) is 0.688. The van der Waals surface area contributed by atoms with Crippen LogP contribution in [0.15, 0.2) is 40.6 Å². The Morgan fingerprint density at radius 1 is 1.17 bits per heavy atom. The Hall–Kier alpha value is -1.66. The lowest BCUT2D eigenvalue weighted by Gasteiger charge is -2.33. The Morgan fingerprint density at radius 2 is 1.87 bits per heavy atom. The van der Waals surface area contributed by atoms with Gasteiger partial charge in [0.15, 0.2) is 0 Å². The molecule has 1 amide bonds. The zero-order valence-corrected chi connectivity index (χ0v) is 18.0. The van der Waals surface area contributed by atoms with Gasteiger partial charge in [-0.05, 0) is 29.6 Å². The van der Waals surface area contributed by atoms with Gasteiger partial charge >= 0.3 is 6.18 Å². The van der Waals surface area contributed by atoms with E-state index in [1.807, 2.05) is 17.5 Å². The maximum Gasteiger partial charge on any atom is 0.417 e. The second-order valence-electron chi connectivity index (χ2n) is 6.68. The average molecular weight is 482 g/mol. The van der Waals surface area contributed by atoms with E-state index in [1.165, 1.54) is 11.3 Å². The van der Waals surface area contributed by atoms with Crippen LogP contribution < -0.4 is 5.32 Å². The van der Waals surface area contributed by atoms with Crippen LogP contribution >= 0.6 is 22.9 Å². The smallest absolute Gasteiger partial charge is 0.350 e. The Morgan fingerprint density at radius 3 is 2.47 bits per heavy atom. The molecule has 2 heterocycles. The number of benzene rings is 1. The number of alkyl halides is 3. The van der Waals surface area contributed by atoms with Gasteiger partial charge in [-0.15, -0.1) is 11.3 Å². The summed E-state index contributed by atoms with van der Waals surface area (Å²) < 4.78 is 65.8. The number of carbonyl (C=O) groups excluding carboxylic acids is 1. The van der Waals surface area contributed by atoms with Crippen LogP contribution in [0.2, 0.25) is 5.02 Å². The first-order valence-corrected chi connectivity index (χ1v) is 11.7. The number of sulfonamides is 1. The van der Waals surface area contributed by atoms with Crippen molar-refractivity contribution in [2.24, 2.45) is 0 Å². The first-order chi connectivity index (χ1) is 14.1. The molecule has 6 nitrogen and oxygen atoms in total. The second-order valence-corrected chi connectivity index (χ2v) is 10.1. The first kappa shape index (κ1) is 23.0. The lowest BCUT2D eigenvalue weighted by atomic mass is 10.2. The summed E-state index contributed by atoms with van der Waals surface area (Å²) >= 11 is 7.11. The molecule has 1 N–H and O–H groups in total. The van der Waals surface area contributed by atoms with Crippen molar-refractivity contribution in [1.29, 1.82) is 0 Å². The predicted octanol–water partition coefficient (Wildman–Crippen LogP) is 3.04. The second kappa shape index (κ2) is 9.23. The van der Waals surface area contributed by atoms with Gasteiger partial charge < -0.3 is 5.32 Å². The molecule has 1 aliphatic rings. The highest BCUT2D eigenvalue weighted by atomic mass is 35.5. The van der Waals surface area contributed by atoms with Crippen LogP contribution in [0, 0.1) is 0 Å². The number of hydrogen-bond donors (Lipinski definition) is 1. The van der Waals surface area contributed by atoms with E-state index in [0.29, 0.717) is 25.7 Å². The number of nitrogens with one attached hydrogen (secondary N) is 1. The summed E-state index contributed by atoms with van der Waals surface area (Å²) in [5, 5.41) is 4.16. The largest absolute Gasteiger partial charge is 0.417 e. The summed E-state index contributed by atoms with van der Waals surface area (Å²) in [6, 6.07) is 6.37. The highest BCUT2D eigenvalue weighted by Crippen LogP contribution is 2.36. The molecule has 0 unspecified atom stereocenters. The third-order valence-corrected chi connectivity index (χ3v) is 7.72. The zero-order valence-electron chi connectivity index (χ0n) is 15.7. The molecule has 1 aromatic carbocycles. The summed E-state index contributed by atoms with van der Waals surface area (Å²) in [7, 11) is -4.10. The molecule has 0 radical (unpaired) electrons. The molecule has 12 heteroatoms. The molecule has 1 saturated heterocycles. The number of amides is 1. The van der Waals surface area contributed by atoms with Crippen molar-refractivity contribution in [1.82, 2.24) is 14.5 Å². The lowest BCUT2D eigenvalue weighted by Crippen LogP contribution is -2.51. The fourth-order valence-electron chi connectivity index (χ4n) is 3.02. The number of hydrogen-bond acceptors (Lipinski definition) is 5. The summed E-state index contributed by atoms with van der Waals surface area (Å²) in [5.41, 5.74) is -1.19. The van der Waals surface area contributed by atoms with E-state index in [0.717, 1.165) is 21.3 Å². The van der Waals surface area contributed by atoms with Crippen molar-refractivity contribution in [2.45, 2.75) is 17.6 Å². The molecular formula is C18H19ClF3N3O3S2. The van der Waals surface area contributed by atoms with Crippen LogP contribution in [0.1, 0.15) is 10.4 Å². The number of halogens is 4. The molecule has 30 heavy (non-hydrogen) atoms. The van der Waals surface area contributed by atoms with E-state index < -0.39 is 31.7 Å². The van der Waals surface area contributed by atoms with E-state index in [9.17, 15) is 26.4 Å². The zero-order chi connectivity index (χ0) is 21.9. The minimum atomic E-state index is -4.75. The highest BCUT2D eigenvalue weighted by Gasteiger charge is 2.36. The van der Waals surface area contributed by atoms with E-state index in [1.54, 1.807) is 4.90 Å². The van der Waals surface area contributed by atoms with Crippen LogP contribution in [0.4, 0.5) is 13.2 Å². The van der Waals surface area contributed by atoms with Gasteiger partial charge in [-0.2, -0.15) is 17.5 Å². The normalized spacial score (nSPS) is 16.5. The molecule has 0 spiro atoms. The lowest BCUT2D eigenvalue weighted by molar-refractivity contribution is -0.137. The standard InChI is InChI=1S/C18H19ClF3N3O3S2/c19-16-4-3-14(10-15(16)18(20,21)22)30(27,28)25-7-5-24(6-8-25)12-17(26)23-11-13-2-1-9-29-13/h1-4,9-10H,5-8,11-12H2,(H,23,26). The number of nitrogens with zero attached hydrogens (tertiary/aromatic N) is 2. The molecule has 1 aromatic heterocycles. The molecule has 1 fully saturated rings. The van der Waals surface area contributed by atoms with Gasteiger partial charge in [0.25, 0.3) is 0 Å². The Bertz CT molecular complexity index is 990. The molecule has 0 atom stereocenters. The summed E-state index contributed by atoms with van der Waals surface area (Å²) in [6.07, 6.45) is -4.75. The Balaban J connectivity index is 1.58. The van der Waals surface area contributed by atoms with Gasteiger partial charge in [0.05, 0.1) is 28.6 Å². The van der Waals surface area contributed by atoms with Crippen LogP contribution in [0.5, 0.6) is 0 Å². The summed E-state index contributed by atoms with van der Waals surface area (Å²) in [4.78, 5) is 14.4. The minimum Gasteiger partial charge on any atom is -0.350 e. The molecule has 0 aliphatic carbocycles. The SMILES string of the molecule is O=C(CN1CCN(S(=O)(=O)c2ccc(Cl)c(C(F)(F)F)c2)CC1)NCc1cccs1. The fourth-order valence-corrected chi connectivity index (χ4v) is 5.34. The van der Waals surface area contributed by atoms with E-state index in [4.69, 9.17) is 11.6 Å². The number of carbonyl (C=O) groups is 1. The van der Waals surface area contributed by atoms with Crippen LogP contribution in [0.25, 0.3) is 0 Å². The maximum atomic E-state index is 13.0. The van der Waals surface area contributed by atoms with Gasteiger partial charge in [0.1, 0.15) is 0 Å². The molecule has 0 saturated carbocycles. The summed E-state index contributed by atoms with van der Waals surface area (Å²) in [6.45, 7) is 1.30. The van der Waals surface area contributed by atoms with Crippen molar-refractivity contribution >= 4 is 38.9 Å². The van der Waals surface area contributed by atoms with Gasteiger partial charge in [0.2, 0.25) is 15.9 Å². The number of piperazine rings is 1. The van der Waals surface area contributed by atoms with Crippen LogP contribution in [-0.2, 0) is 27.5 Å². The molecule has 0 bridgehead atoms. The average Bonchev–Trinajstić information content (AvgIpc) is 3.20. The molecule has 3 rings (SSSR count). The van der Waals surface area contributed by atoms with Crippen LogP contribution in [-0.4, -0.2) is 56.3 Å². The van der Waals surface area contributed by atoms with Gasteiger partial charge in [-0.3, -0.25) is 9.69 Å². The van der Waals surface area contributed by atoms with E-state index in [-0.39, 0.29) is 25.5 Å². The van der Waals surface area contributed by atoms with Crippen molar-refractivity contribution in [3.8, 4) is 0 Å². The monoisotopic (exact) mass is 481 g/mol. The summed E-state index contributed by atoms with van der Waals surface area (Å²) in [5.74, 6) is -0.174. The topological polar surface area (TPSA) is 69.7 Å². The maximum absolute atomic E-state index is 13.0. The highest BCUT2D eigenvalue weighted by molar-refractivity contribution is 7.89. The molecule has 2 aromatic rings. The molecule has 1 aliphatic heterocycles. The first-order valence-electron chi connectivity index (χ1n) is 8.96. The Labute approximate surface area is 181 Å². The molecular weight excluding hydrogens is 463 g/mol. The van der Waals surface area contributed by atoms with Gasteiger partial charge in [-0.25, -0.2) is 8.42 Å². The minimum absolute atomic E-state index is 0.0739. The van der Waals surface area contributed by atoms with Crippen molar-refractivity contribution in [3.05, 3.63) is 51.2 Å². The third kappa shape index (κ3) is 5.52. The molecule has 164 valence electrons. The third-order valence-electron chi connectivity index (χ3n) is 4.62. The van der Waals surface area contributed by atoms with E-state index in [2.05, 4.69) is 5.32 Å². The predicted molar refractivity (Wildman–Crippen MR) is 108 cm³/mol. The van der Waals surface area contributed by atoms with Crippen LogP contribution in [0.3, 0.4) is 0 Å².